The number of H-pyrrole nitrogens is 1. The van der Waals surface area contributed by atoms with E-state index in [4.69, 9.17) is 19.4 Å². The predicted octanol–water partition coefficient (Wildman–Crippen LogP) is 2.83. The predicted molar refractivity (Wildman–Crippen MR) is 157 cm³/mol. The second kappa shape index (κ2) is 11.6. The van der Waals surface area contributed by atoms with Crippen LogP contribution < -0.4 is 9.64 Å². The van der Waals surface area contributed by atoms with Gasteiger partial charge in [-0.15, -0.1) is 0 Å². The SMILES string of the molecule is C=CS(=O)(=O)N1CCN(c2nc(OC[C@@H]3CCCN3C)nc3c2COC(c2c(C)ccc4[nH]ncc24)C3)C[C@@H]1CC#N. The lowest BCUT2D eigenvalue weighted by Crippen LogP contribution is -2.55. The first kappa shape index (κ1) is 28.5. The van der Waals surface area contributed by atoms with E-state index in [2.05, 4.69) is 47.8 Å². The van der Waals surface area contributed by atoms with Gasteiger partial charge in [-0.25, -0.2) is 8.42 Å². The van der Waals surface area contributed by atoms with Gasteiger partial charge in [-0.3, -0.25) is 5.10 Å². The number of likely N-dealkylation sites (tertiary alicyclic amines) is 1. The van der Waals surface area contributed by atoms with E-state index in [9.17, 15) is 13.7 Å². The van der Waals surface area contributed by atoms with Crippen molar-refractivity contribution in [3.63, 3.8) is 0 Å². The molecule has 13 heteroatoms. The smallest absolute Gasteiger partial charge is 0.318 e. The first-order chi connectivity index (χ1) is 20.3. The molecule has 1 aromatic carbocycles. The van der Waals surface area contributed by atoms with Crippen LogP contribution in [0.3, 0.4) is 0 Å². The molecule has 0 amide bonds. The minimum atomic E-state index is -3.68. The number of rotatable bonds is 8. The van der Waals surface area contributed by atoms with Crippen molar-refractivity contribution in [1.82, 2.24) is 29.4 Å². The Morgan fingerprint density at radius 2 is 2.12 bits per heavy atom. The number of aromatic nitrogens is 4. The topological polar surface area (TPSA) is 141 Å². The van der Waals surface area contributed by atoms with E-state index in [1.165, 1.54) is 4.31 Å². The molecule has 3 aromatic rings. The highest BCUT2D eigenvalue weighted by Gasteiger charge is 2.37. The second-order valence-electron chi connectivity index (χ2n) is 11.3. The molecule has 3 atom stereocenters. The summed E-state index contributed by atoms with van der Waals surface area (Å²) in [6.07, 6.45) is 4.39. The molecular weight excluding hydrogens is 556 g/mol. The second-order valence-corrected chi connectivity index (χ2v) is 13.1. The number of nitrogens with one attached hydrogen (secondary N) is 1. The molecule has 3 aliphatic heterocycles. The highest BCUT2D eigenvalue weighted by molar-refractivity contribution is 7.92. The fraction of sp³-hybridized carbons (Fsp3) is 0.517. The van der Waals surface area contributed by atoms with Gasteiger partial charge in [-0.2, -0.15) is 24.6 Å². The maximum absolute atomic E-state index is 12.7. The summed E-state index contributed by atoms with van der Waals surface area (Å²) >= 11 is 0. The lowest BCUT2D eigenvalue weighted by molar-refractivity contribution is 0.0261. The van der Waals surface area contributed by atoms with Crippen molar-refractivity contribution < 1.29 is 17.9 Å². The van der Waals surface area contributed by atoms with Gasteiger partial charge in [-0.1, -0.05) is 12.6 Å². The number of aromatic amines is 1. The van der Waals surface area contributed by atoms with Crippen molar-refractivity contribution in [1.29, 1.82) is 5.26 Å². The van der Waals surface area contributed by atoms with Crippen LogP contribution in [0.15, 0.2) is 30.3 Å². The van der Waals surface area contributed by atoms with Crippen LogP contribution in [0.4, 0.5) is 5.82 Å². The fourth-order valence-electron chi connectivity index (χ4n) is 6.41. The largest absolute Gasteiger partial charge is 0.462 e. The minimum Gasteiger partial charge on any atom is -0.462 e. The van der Waals surface area contributed by atoms with Crippen molar-refractivity contribution in [2.75, 3.05) is 44.7 Å². The molecule has 3 aliphatic rings. The van der Waals surface area contributed by atoms with E-state index in [-0.39, 0.29) is 19.1 Å². The Kier molecular flexibility index (Phi) is 7.89. The summed E-state index contributed by atoms with van der Waals surface area (Å²) in [4.78, 5) is 14.1. The Labute approximate surface area is 246 Å². The number of hydrogen-bond donors (Lipinski definition) is 1. The van der Waals surface area contributed by atoms with E-state index in [1.54, 1.807) is 0 Å². The zero-order valence-electron chi connectivity index (χ0n) is 24.0. The molecule has 2 fully saturated rings. The molecule has 6 rings (SSSR count). The molecule has 2 aromatic heterocycles. The number of nitrogens with zero attached hydrogens (tertiary/aromatic N) is 7. The van der Waals surface area contributed by atoms with Gasteiger partial charge in [0.2, 0.25) is 10.0 Å². The maximum Gasteiger partial charge on any atom is 0.318 e. The van der Waals surface area contributed by atoms with Gasteiger partial charge >= 0.3 is 6.01 Å². The summed E-state index contributed by atoms with van der Waals surface area (Å²) < 4.78 is 39.4. The van der Waals surface area contributed by atoms with Gasteiger partial charge < -0.3 is 19.3 Å². The highest BCUT2D eigenvalue weighted by Crippen LogP contribution is 2.39. The average molecular weight is 593 g/mol. The number of sulfonamides is 1. The van der Waals surface area contributed by atoms with Crippen LogP contribution in [-0.4, -0.2) is 89.7 Å². The number of fused-ring (bicyclic) bond motifs is 2. The molecular formula is C29H36N8O4S. The Bertz CT molecular complexity index is 1630. The molecule has 1 N–H and O–H groups in total. The Morgan fingerprint density at radius 3 is 2.88 bits per heavy atom. The van der Waals surface area contributed by atoms with Gasteiger partial charge in [0.15, 0.2) is 0 Å². The Balaban J connectivity index is 1.34. The Hall–Kier alpha value is -3.57. The lowest BCUT2D eigenvalue weighted by Gasteiger charge is -2.41. The summed E-state index contributed by atoms with van der Waals surface area (Å²) in [6, 6.07) is 6.31. The molecule has 5 heterocycles. The number of aryl methyl sites for hydroxylation is 1. The first-order valence-electron chi connectivity index (χ1n) is 14.3. The summed E-state index contributed by atoms with van der Waals surface area (Å²) in [5.74, 6) is 0.671. The molecule has 0 aliphatic carbocycles. The molecule has 0 bridgehead atoms. The van der Waals surface area contributed by atoms with Crippen molar-refractivity contribution in [2.24, 2.45) is 0 Å². The van der Waals surface area contributed by atoms with E-state index >= 15 is 0 Å². The number of hydrogen-bond acceptors (Lipinski definition) is 10. The number of ether oxygens (including phenoxy) is 2. The summed E-state index contributed by atoms with van der Waals surface area (Å²) in [5, 5.41) is 18.7. The fourth-order valence-corrected chi connectivity index (χ4v) is 7.50. The average Bonchev–Trinajstić information content (AvgIpc) is 3.64. The molecule has 0 spiro atoms. The third kappa shape index (κ3) is 5.35. The van der Waals surface area contributed by atoms with Crippen LogP contribution >= 0.6 is 0 Å². The molecule has 0 saturated carbocycles. The van der Waals surface area contributed by atoms with Crippen LogP contribution in [0, 0.1) is 18.3 Å². The van der Waals surface area contributed by atoms with E-state index in [0.29, 0.717) is 50.6 Å². The Morgan fingerprint density at radius 1 is 1.26 bits per heavy atom. The van der Waals surface area contributed by atoms with E-state index in [1.807, 2.05) is 17.2 Å². The van der Waals surface area contributed by atoms with Crippen molar-refractivity contribution in [3.8, 4) is 12.1 Å². The molecule has 42 heavy (non-hydrogen) atoms. The van der Waals surface area contributed by atoms with Gasteiger partial charge in [0, 0.05) is 48.5 Å². The molecule has 12 nitrogen and oxygen atoms in total. The van der Waals surface area contributed by atoms with E-state index < -0.39 is 16.1 Å². The number of anilines is 1. The number of likely N-dealkylation sites (N-methyl/N-ethyl adjacent to an activating group) is 1. The third-order valence-corrected chi connectivity index (χ3v) is 10.3. The summed E-state index contributed by atoms with van der Waals surface area (Å²) in [7, 11) is -1.57. The molecule has 2 saturated heterocycles. The standard InChI is InChI=1S/C29H36N8O4S/c1-4-42(38,39)37-13-12-36(16-20(37)9-10-30)28-23-18-40-26(27-19(2)7-8-24-22(27)15-31-34-24)14-25(23)32-29(33-28)41-17-21-6-5-11-35(21)3/h4,7-8,15,20-21,26H,1,5-6,9,11-14,16-18H2,2-3H3,(H,31,34)/t20-,21-,26?/m0/s1. The number of nitriles is 1. The number of piperazine rings is 1. The zero-order chi connectivity index (χ0) is 29.4. The van der Waals surface area contributed by atoms with Crippen LogP contribution in [0.1, 0.15) is 47.8 Å². The van der Waals surface area contributed by atoms with Crippen LogP contribution in [0.5, 0.6) is 6.01 Å². The summed E-state index contributed by atoms with van der Waals surface area (Å²) in [5.41, 5.74) is 4.87. The van der Waals surface area contributed by atoms with Gasteiger partial charge in [0.25, 0.3) is 0 Å². The molecule has 1 unspecified atom stereocenters. The zero-order valence-corrected chi connectivity index (χ0v) is 24.8. The quantitative estimate of drug-likeness (QED) is 0.415. The lowest BCUT2D eigenvalue weighted by atomic mass is 9.93. The molecule has 0 radical (unpaired) electrons. The first-order valence-corrected chi connectivity index (χ1v) is 15.8. The van der Waals surface area contributed by atoms with Crippen LogP contribution in [0.25, 0.3) is 10.9 Å². The maximum atomic E-state index is 12.7. The van der Waals surface area contributed by atoms with Crippen LogP contribution in [0.2, 0.25) is 0 Å². The normalized spacial score (nSPS) is 23.5. The highest BCUT2D eigenvalue weighted by atomic mass is 32.2. The number of benzene rings is 1. The van der Waals surface area contributed by atoms with E-state index in [0.717, 1.165) is 58.1 Å². The monoisotopic (exact) mass is 592 g/mol. The van der Waals surface area contributed by atoms with Gasteiger partial charge in [-0.05, 0) is 50.6 Å². The van der Waals surface area contributed by atoms with Crippen molar-refractivity contribution >= 4 is 26.7 Å². The van der Waals surface area contributed by atoms with Gasteiger partial charge in [0.05, 0.1) is 48.7 Å². The summed E-state index contributed by atoms with van der Waals surface area (Å²) in [6.45, 7) is 8.30. The van der Waals surface area contributed by atoms with Crippen molar-refractivity contribution in [2.45, 2.75) is 57.4 Å². The van der Waals surface area contributed by atoms with Crippen molar-refractivity contribution in [3.05, 3.63) is 52.7 Å². The van der Waals surface area contributed by atoms with Gasteiger partial charge in [0.1, 0.15) is 12.4 Å². The van der Waals surface area contributed by atoms with Crippen LogP contribution in [-0.2, 0) is 27.8 Å². The third-order valence-electron chi connectivity index (χ3n) is 8.73. The molecule has 222 valence electrons. The minimum absolute atomic E-state index is 0.0563.